The van der Waals surface area contributed by atoms with E-state index in [0.29, 0.717) is 13.0 Å². The second-order valence-electron chi connectivity index (χ2n) is 4.71. The third kappa shape index (κ3) is 6.29. The topological polar surface area (TPSA) is 63.6 Å². The number of esters is 1. The van der Waals surface area contributed by atoms with Crippen molar-refractivity contribution in [3.8, 4) is 0 Å². The molecule has 0 radical (unpaired) electrons. The Morgan fingerprint density at radius 3 is 2.41 bits per heavy atom. The SMILES string of the molecule is O=C(O)CCCCCOC(=O)C1CCCCC1. The summed E-state index contributed by atoms with van der Waals surface area (Å²) in [7, 11) is 0. The first kappa shape index (κ1) is 14.0. The van der Waals surface area contributed by atoms with E-state index < -0.39 is 5.97 Å². The standard InChI is InChI=1S/C13H22O4/c14-12(15)9-5-2-6-10-17-13(16)11-7-3-1-4-8-11/h11H,1-10H2,(H,14,15). The van der Waals surface area contributed by atoms with E-state index in [1.54, 1.807) is 0 Å². The molecule has 0 amide bonds. The Labute approximate surface area is 102 Å². The number of carboxylic acids is 1. The lowest BCUT2D eigenvalue weighted by molar-refractivity contribution is -0.149. The first-order valence-electron chi connectivity index (χ1n) is 6.58. The summed E-state index contributed by atoms with van der Waals surface area (Å²) in [5.74, 6) is -0.699. The summed E-state index contributed by atoms with van der Waals surface area (Å²) in [6.07, 6.45) is 7.90. The fourth-order valence-electron chi connectivity index (χ4n) is 2.18. The molecular formula is C13H22O4. The molecule has 1 aliphatic carbocycles. The average molecular weight is 242 g/mol. The van der Waals surface area contributed by atoms with Crippen molar-refractivity contribution < 1.29 is 19.4 Å². The maximum absolute atomic E-state index is 11.6. The highest BCUT2D eigenvalue weighted by Gasteiger charge is 2.21. The van der Waals surface area contributed by atoms with Crippen molar-refractivity contribution in [2.45, 2.75) is 57.8 Å². The predicted molar refractivity (Wildman–Crippen MR) is 63.6 cm³/mol. The number of unbranched alkanes of at least 4 members (excludes halogenated alkanes) is 2. The molecular weight excluding hydrogens is 220 g/mol. The van der Waals surface area contributed by atoms with Gasteiger partial charge in [-0.25, -0.2) is 0 Å². The maximum Gasteiger partial charge on any atom is 0.308 e. The van der Waals surface area contributed by atoms with Crippen molar-refractivity contribution >= 4 is 11.9 Å². The van der Waals surface area contributed by atoms with E-state index >= 15 is 0 Å². The summed E-state index contributed by atoms with van der Waals surface area (Å²) in [4.78, 5) is 21.9. The number of hydrogen-bond donors (Lipinski definition) is 1. The van der Waals surface area contributed by atoms with E-state index in [2.05, 4.69) is 0 Å². The Morgan fingerprint density at radius 1 is 1.06 bits per heavy atom. The number of rotatable bonds is 7. The number of aliphatic carboxylic acids is 1. The zero-order valence-corrected chi connectivity index (χ0v) is 10.3. The van der Waals surface area contributed by atoms with Crippen molar-refractivity contribution in [1.82, 2.24) is 0 Å². The van der Waals surface area contributed by atoms with Gasteiger partial charge in [-0.3, -0.25) is 9.59 Å². The van der Waals surface area contributed by atoms with Crippen LogP contribution in [0.15, 0.2) is 0 Å². The number of hydrogen-bond acceptors (Lipinski definition) is 3. The molecule has 0 aromatic heterocycles. The van der Waals surface area contributed by atoms with Gasteiger partial charge in [-0.1, -0.05) is 19.3 Å². The zero-order chi connectivity index (χ0) is 12.5. The van der Waals surface area contributed by atoms with Crippen LogP contribution < -0.4 is 0 Å². The van der Waals surface area contributed by atoms with Crippen LogP contribution in [0.2, 0.25) is 0 Å². The van der Waals surface area contributed by atoms with E-state index in [4.69, 9.17) is 9.84 Å². The molecule has 0 heterocycles. The van der Waals surface area contributed by atoms with Gasteiger partial charge in [-0.05, 0) is 32.1 Å². The fraction of sp³-hybridized carbons (Fsp3) is 0.846. The van der Waals surface area contributed by atoms with Crippen molar-refractivity contribution in [3.63, 3.8) is 0 Å². The third-order valence-electron chi connectivity index (χ3n) is 3.22. The van der Waals surface area contributed by atoms with Crippen LogP contribution in [-0.4, -0.2) is 23.7 Å². The summed E-state index contributed by atoms with van der Waals surface area (Å²) in [5.41, 5.74) is 0. The Bertz CT molecular complexity index is 244. The quantitative estimate of drug-likeness (QED) is 0.550. The first-order valence-corrected chi connectivity index (χ1v) is 6.58. The first-order chi connectivity index (χ1) is 8.20. The lowest BCUT2D eigenvalue weighted by atomic mass is 9.89. The number of carbonyl (C=O) groups is 2. The smallest absolute Gasteiger partial charge is 0.308 e. The van der Waals surface area contributed by atoms with Gasteiger partial charge in [0.05, 0.1) is 12.5 Å². The highest BCUT2D eigenvalue weighted by Crippen LogP contribution is 2.24. The molecule has 1 rings (SSSR count). The molecule has 0 aromatic carbocycles. The molecule has 0 unspecified atom stereocenters. The summed E-state index contributed by atoms with van der Waals surface area (Å²) in [5, 5.41) is 8.44. The van der Waals surface area contributed by atoms with E-state index in [1.165, 1.54) is 6.42 Å². The number of carbonyl (C=O) groups excluding carboxylic acids is 1. The van der Waals surface area contributed by atoms with Gasteiger partial charge in [0.25, 0.3) is 0 Å². The zero-order valence-electron chi connectivity index (χ0n) is 10.3. The fourth-order valence-corrected chi connectivity index (χ4v) is 2.18. The largest absolute Gasteiger partial charge is 0.481 e. The van der Waals surface area contributed by atoms with Gasteiger partial charge in [0.1, 0.15) is 0 Å². The molecule has 4 heteroatoms. The van der Waals surface area contributed by atoms with Gasteiger partial charge in [0.2, 0.25) is 0 Å². The lowest BCUT2D eigenvalue weighted by Crippen LogP contribution is -2.20. The van der Waals surface area contributed by atoms with Crippen LogP contribution in [0.3, 0.4) is 0 Å². The molecule has 0 bridgehead atoms. The van der Waals surface area contributed by atoms with Crippen LogP contribution in [0.1, 0.15) is 57.8 Å². The highest BCUT2D eigenvalue weighted by molar-refractivity contribution is 5.72. The number of ether oxygens (including phenoxy) is 1. The summed E-state index contributed by atoms with van der Waals surface area (Å²) >= 11 is 0. The minimum Gasteiger partial charge on any atom is -0.481 e. The van der Waals surface area contributed by atoms with Crippen LogP contribution >= 0.6 is 0 Å². The second kappa shape index (κ2) is 8.09. The molecule has 1 saturated carbocycles. The van der Waals surface area contributed by atoms with Gasteiger partial charge >= 0.3 is 11.9 Å². The van der Waals surface area contributed by atoms with E-state index in [9.17, 15) is 9.59 Å². The molecule has 1 N–H and O–H groups in total. The predicted octanol–water partition coefficient (Wildman–Crippen LogP) is 2.75. The Morgan fingerprint density at radius 2 is 1.76 bits per heavy atom. The minimum atomic E-state index is -0.760. The van der Waals surface area contributed by atoms with E-state index in [1.807, 2.05) is 0 Å². The van der Waals surface area contributed by atoms with E-state index in [-0.39, 0.29) is 18.3 Å². The van der Waals surface area contributed by atoms with E-state index in [0.717, 1.165) is 38.5 Å². The van der Waals surface area contributed by atoms with Gasteiger partial charge < -0.3 is 9.84 Å². The summed E-state index contributed by atoms with van der Waals surface area (Å²) < 4.78 is 5.20. The molecule has 98 valence electrons. The van der Waals surface area contributed by atoms with Crippen molar-refractivity contribution in [2.75, 3.05) is 6.61 Å². The Balaban J connectivity index is 1.98. The molecule has 0 atom stereocenters. The molecule has 17 heavy (non-hydrogen) atoms. The van der Waals surface area contributed by atoms with Gasteiger partial charge in [-0.2, -0.15) is 0 Å². The number of carboxylic acid groups (broad SMARTS) is 1. The molecule has 0 saturated heterocycles. The summed E-state index contributed by atoms with van der Waals surface area (Å²) in [6, 6.07) is 0. The molecule has 4 nitrogen and oxygen atoms in total. The normalized spacial score (nSPS) is 16.7. The molecule has 0 aromatic rings. The van der Waals surface area contributed by atoms with Crippen LogP contribution in [-0.2, 0) is 14.3 Å². The lowest BCUT2D eigenvalue weighted by Gasteiger charge is -2.19. The third-order valence-corrected chi connectivity index (χ3v) is 3.22. The van der Waals surface area contributed by atoms with Crippen molar-refractivity contribution in [2.24, 2.45) is 5.92 Å². The highest BCUT2D eigenvalue weighted by atomic mass is 16.5. The maximum atomic E-state index is 11.6. The minimum absolute atomic E-state index is 0.0528. The van der Waals surface area contributed by atoms with Gasteiger partial charge in [0, 0.05) is 6.42 Å². The monoisotopic (exact) mass is 242 g/mol. The van der Waals surface area contributed by atoms with Crippen LogP contribution in [0, 0.1) is 5.92 Å². The van der Waals surface area contributed by atoms with Crippen molar-refractivity contribution in [3.05, 3.63) is 0 Å². The summed E-state index contributed by atoms with van der Waals surface area (Å²) in [6.45, 7) is 0.439. The molecule has 1 fully saturated rings. The van der Waals surface area contributed by atoms with Gasteiger partial charge in [0.15, 0.2) is 0 Å². The molecule has 1 aliphatic rings. The van der Waals surface area contributed by atoms with Gasteiger partial charge in [-0.15, -0.1) is 0 Å². The Kier molecular flexibility index (Phi) is 6.67. The van der Waals surface area contributed by atoms with Crippen LogP contribution in [0.4, 0.5) is 0 Å². The van der Waals surface area contributed by atoms with Crippen LogP contribution in [0.25, 0.3) is 0 Å². The average Bonchev–Trinajstić information content (AvgIpc) is 2.34. The molecule has 0 spiro atoms. The molecule has 0 aliphatic heterocycles. The van der Waals surface area contributed by atoms with Crippen molar-refractivity contribution in [1.29, 1.82) is 0 Å². The Hall–Kier alpha value is -1.06. The second-order valence-corrected chi connectivity index (χ2v) is 4.71. The van der Waals surface area contributed by atoms with Crippen LogP contribution in [0.5, 0.6) is 0 Å².